The number of benzene rings is 3. The molecule has 0 saturated heterocycles. The topological polar surface area (TPSA) is 58.6 Å². The number of ether oxygens (including phenoxy) is 1. The molecular weight excluding hydrogens is 421 g/mol. The standard InChI is InChI=1S/C24H21F3N2O3/c25-24(26,27)23(31)32-21(18-10-4-1-5-11-18)16-28-17-22(30)29(19-12-6-2-7-13-19)20-14-8-3-9-15-20/h1-15,21,28H,16-17H2. The van der Waals surface area contributed by atoms with E-state index >= 15 is 0 Å². The average Bonchev–Trinajstić information content (AvgIpc) is 2.80. The van der Waals surface area contributed by atoms with Crippen LogP contribution in [0.1, 0.15) is 11.7 Å². The van der Waals surface area contributed by atoms with Crippen LogP contribution in [0.15, 0.2) is 91.0 Å². The fourth-order valence-corrected chi connectivity index (χ4v) is 3.07. The van der Waals surface area contributed by atoms with Gasteiger partial charge >= 0.3 is 12.1 Å². The second-order valence-corrected chi connectivity index (χ2v) is 6.83. The maximum absolute atomic E-state index is 13.0. The Hall–Kier alpha value is -3.65. The van der Waals surface area contributed by atoms with Gasteiger partial charge < -0.3 is 10.1 Å². The van der Waals surface area contributed by atoms with Gasteiger partial charge in [0.25, 0.3) is 0 Å². The van der Waals surface area contributed by atoms with Gasteiger partial charge in [-0.05, 0) is 29.8 Å². The lowest BCUT2D eigenvalue weighted by Gasteiger charge is -2.24. The molecular formula is C24H21F3N2O3. The molecule has 0 aliphatic heterocycles. The third kappa shape index (κ3) is 6.18. The minimum atomic E-state index is -5.11. The highest BCUT2D eigenvalue weighted by Gasteiger charge is 2.42. The van der Waals surface area contributed by atoms with E-state index in [-0.39, 0.29) is 19.0 Å². The van der Waals surface area contributed by atoms with Crippen molar-refractivity contribution in [2.75, 3.05) is 18.0 Å². The Morgan fingerprint density at radius 1 is 0.812 bits per heavy atom. The lowest BCUT2D eigenvalue weighted by Crippen LogP contribution is -2.38. The van der Waals surface area contributed by atoms with Crippen molar-refractivity contribution >= 4 is 23.3 Å². The Balaban J connectivity index is 1.72. The molecule has 8 heteroatoms. The fourth-order valence-electron chi connectivity index (χ4n) is 3.07. The maximum Gasteiger partial charge on any atom is 0.490 e. The van der Waals surface area contributed by atoms with Crippen LogP contribution in [0.25, 0.3) is 0 Å². The second kappa shape index (κ2) is 10.6. The Labute approximate surface area is 183 Å². The number of anilines is 2. The first-order chi connectivity index (χ1) is 15.4. The number of hydrogen-bond donors (Lipinski definition) is 1. The van der Waals surface area contributed by atoms with E-state index < -0.39 is 18.2 Å². The van der Waals surface area contributed by atoms with Gasteiger partial charge in [-0.2, -0.15) is 13.2 Å². The van der Waals surface area contributed by atoms with Gasteiger partial charge in [0, 0.05) is 17.9 Å². The molecule has 166 valence electrons. The minimum Gasteiger partial charge on any atom is -0.449 e. The first-order valence-electron chi connectivity index (χ1n) is 9.83. The Bertz CT molecular complexity index is 973. The predicted octanol–water partition coefficient (Wildman–Crippen LogP) is 4.79. The highest BCUT2D eigenvalue weighted by molar-refractivity contribution is 6.01. The van der Waals surface area contributed by atoms with Crippen LogP contribution in [0.4, 0.5) is 24.5 Å². The summed E-state index contributed by atoms with van der Waals surface area (Å²) in [4.78, 5) is 25.9. The van der Waals surface area contributed by atoms with Gasteiger partial charge in [0.15, 0.2) is 0 Å². The fraction of sp³-hybridized carbons (Fsp3) is 0.167. The summed E-state index contributed by atoms with van der Waals surface area (Å²) in [5.41, 5.74) is 1.68. The molecule has 0 aromatic heterocycles. The zero-order valence-electron chi connectivity index (χ0n) is 17.0. The quantitative estimate of drug-likeness (QED) is 0.510. The molecule has 0 heterocycles. The molecule has 3 rings (SSSR count). The van der Waals surface area contributed by atoms with Crippen LogP contribution < -0.4 is 10.2 Å². The van der Waals surface area contributed by atoms with Crippen molar-refractivity contribution in [1.29, 1.82) is 0 Å². The van der Waals surface area contributed by atoms with Gasteiger partial charge in [-0.25, -0.2) is 4.79 Å². The van der Waals surface area contributed by atoms with Crippen LogP contribution >= 0.6 is 0 Å². The van der Waals surface area contributed by atoms with Crippen LogP contribution in [0.2, 0.25) is 0 Å². The molecule has 0 saturated carbocycles. The molecule has 0 aliphatic carbocycles. The first-order valence-corrected chi connectivity index (χ1v) is 9.83. The van der Waals surface area contributed by atoms with Crippen molar-refractivity contribution < 1.29 is 27.5 Å². The third-order valence-corrected chi connectivity index (χ3v) is 4.54. The lowest BCUT2D eigenvalue weighted by molar-refractivity contribution is -0.205. The number of esters is 1. The van der Waals surface area contributed by atoms with Gasteiger partial charge in [-0.15, -0.1) is 0 Å². The van der Waals surface area contributed by atoms with E-state index in [2.05, 4.69) is 10.1 Å². The second-order valence-electron chi connectivity index (χ2n) is 6.83. The molecule has 3 aromatic carbocycles. The molecule has 1 N–H and O–H groups in total. The van der Waals surface area contributed by atoms with Crippen LogP contribution in [-0.4, -0.2) is 31.1 Å². The van der Waals surface area contributed by atoms with Crippen LogP contribution in [-0.2, 0) is 14.3 Å². The molecule has 1 unspecified atom stereocenters. The number of carbonyl (C=O) groups is 2. The van der Waals surface area contributed by atoms with E-state index in [1.807, 2.05) is 12.1 Å². The van der Waals surface area contributed by atoms with Crippen LogP contribution in [0.5, 0.6) is 0 Å². The largest absolute Gasteiger partial charge is 0.490 e. The number of para-hydroxylation sites is 2. The van der Waals surface area contributed by atoms with Crippen molar-refractivity contribution in [3.8, 4) is 0 Å². The number of rotatable bonds is 8. The highest BCUT2D eigenvalue weighted by Crippen LogP contribution is 2.26. The summed E-state index contributed by atoms with van der Waals surface area (Å²) in [6.45, 7) is -0.355. The summed E-state index contributed by atoms with van der Waals surface area (Å²) >= 11 is 0. The number of amides is 1. The lowest BCUT2D eigenvalue weighted by atomic mass is 10.1. The molecule has 0 bridgehead atoms. The molecule has 0 fully saturated rings. The summed E-state index contributed by atoms with van der Waals surface area (Å²) in [5.74, 6) is -2.61. The summed E-state index contributed by atoms with van der Waals surface area (Å²) in [5, 5.41) is 2.82. The monoisotopic (exact) mass is 442 g/mol. The Morgan fingerprint density at radius 3 is 1.75 bits per heavy atom. The van der Waals surface area contributed by atoms with Crippen molar-refractivity contribution in [2.24, 2.45) is 0 Å². The van der Waals surface area contributed by atoms with Crippen molar-refractivity contribution in [2.45, 2.75) is 12.3 Å². The zero-order chi connectivity index (χ0) is 23.0. The SMILES string of the molecule is O=C(CNCC(OC(=O)C(F)(F)F)c1ccccc1)N(c1ccccc1)c1ccccc1. The van der Waals surface area contributed by atoms with Crippen LogP contribution in [0, 0.1) is 0 Å². The van der Waals surface area contributed by atoms with E-state index in [4.69, 9.17) is 0 Å². The smallest absolute Gasteiger partial charge is 0.449 e. The molecule has 0 spiro atoms. The van der Waals surface area contributed by atoms with E-state index in [0.717, 1.165) is 0 Å². The van der Waals surface area contributed by atoms with Crippen molar-refractivity contribution in [3.05, 3.63) is 96.6 Å². The molecule has 5 nitrogen and oxygen atoms in total. The van der Waals surface area contributed by atoms with Gasteiger partial charge in [0.2, 0.25) is 5.91 Å². The summed E-state index contributed by atoms with van der Waals surface area (Å²) in [6.07, 6.45) is -6.32. The van der Waals surface area contributed by atoms with Gasteiger partial charge in [0.05, 0.1) is 6.54 Å². The van der Waals surface area contributed by atoms with E-state index in [9.17, 15) is 22.8 Å². The summed E-state index contributed by atoms with van der Waals surface area (Å²) in [6, 6.07) is 26.0. The number of hydrogen-bond acceptors (Lipinski definition) is 4. The molecule has 0 radical (unpaired) electrons. The number of alkyl halides is 3. The minimum absolute atomic E-state index is 0.172. The molecule has 1 atom stereocenters. The first kappa shape index (κ1) is 23.0. The molecule has 3 aromatic rings. The van der Waals surface area contributed by atoms with E-state index in [1.54, 1.807) is 78.9 Å². The van der Waals surface area contributed by atoms with Crippen molar-refractivity contribution in [3.63, 3.8) is 0 Å². The summed E-state index contributed by atoms with van der Waals surface area (Å²) in [7, 11) is 0. The molecule has 32 heavy (non-hydrogen) atoms. The Morgan fingerprint density at radius 2 is 1.28 bits per heavy atom. The van der Waals surface area contributed by atoms with Gasteiger partial charge in [-0.1, -0.05) is 66.7 Å². The average molecular weight is 442 g/mol. The normalized spacial score (nSPS) is 12.1. The highest BCUT2D eigenvalue weighted by atomic mass is 19.4. The van der Waals surface area contributed by atoms with E-state index in [1.165, 1.54) is 4.90 Å². The van der Waals surface area contributed by atoms with Crippen LogP contribution in [0.3, 0.4) is 0 Å². The number of carbonyl (C=O) groups excluding carboxylic acids is 2. The summed E-state index contributed by atoms with van der Waals surface area (Å²) < 4.78 is 42.8. The van der Waals surface area contributed by atoms with Gasteiger partial charge in [-0.3, -0.25) is 9.69 Å². The van der Waals surface area contributed by atoms with Gasteiger partial charge in [0.1, 0.15) is 6.10 Å². The van der Waals surface area contributed by atoms with Crippen molar-refractivity contribution in [1.82, 2.24) is 5.32 Å². The predicted molar refractivity (Wildman–Crippen MR) is 114 cm³/mol. The third-order valence-electron chi connectivity index (χ3n) is 4.54. The Kier molecular flexibility index (Phi) is 7.62. The number of nitrogens with one attached hydrogen (secondary N) is 1. The van der Waals surface area contributed by atoms with E-state index in [0.29, 0.717) is 16.9 Å². The number of halogens is 3. The molecule has 1 amide bonds. The number of nitrogens with zero attached hydrogens (tertiary/aromatic N) is 1. The molecule has 0 aliphatic rings. The maximum atomic E-state index is 13.0. The zero-order valence-corrected chi connectivity index (χ0v) is 17.0.